The van der Waals surface area contributed by atoms with E-state index in [4.69, 9.17) is 4.74 Å². The summed E-state index contributed by atoms with van der Waals surface area (Å²) in [6, 6.07) is 3.03. The molecular weight excluding hydrogens is 331 g/mol. The standard InChI is InChI=1S/C16H21N2O5P/c1-11(18(21)22)7-12-8-13-3-5-17(4-2-6-23-16(20)24)15(13)14(9-12)10-19/h8-11H,2-7,24H2,1H3. The van der Waals surface area contributed by atoms with E-state index < -0.39 is 6.04 Å². The summed E-state index contributed by atoms with van der Waals surface area (Å²) in [6.45, 7) is 3.38. The first-order chi connectivity index (χ1) is 11.4. The van der Waals surface area contributed by atoms with E-state index >= 15 is 0 Å². The van der Waals surface area contributed by atoms with Crippen molar-refractivity contribution in [2.24, 2.45) is 0 Å². The Morgan fingerprint density at radius 1 is 1.54 bits per heavy atom. The van der Waals surface area contributed by atoms with E-state index in [1.165, 1.54) is 0 Å². The first kappa shape index (κ1) is 18.3. The maximum atomic E-state index is 11.5. The second kappa shape index (κ2) is 8.20. The summed E-state index contributed by atoms with van der Waals surface area (Å²) >= 11 is 0. The van der Waals surface area contributed by atoms with Crippen molar-refractivity contribution in [2.75, 3.05) is 24.6 Å². The van der Waals surface area contributed by atoms with Crippen LogP contribution in [0.15, 0.2) is 12.1 Å². The Morgan fingerprint density at radius 3 is 2.92 bits per heavy atom. The Kier molecular flexibility index (Phi) is 6.26. The van der Waals surface area contributed by atoms with Crippen molar-refractivity contribution in [2.45, 2.75) is 32.2 Å². The lowest BCUT2D eigenvalue weighted by Gasteiger charge is -2.21. The third-order valence-corrected chi connectivity index (χ3v) is 4.25. The van der Waals surface area contributed by atoms with Gasteiger partial charge in [0.15, 0.2) is 6.29 Å². The molecule has 0 saturated carbocycles. The third kappa shape index (κ3) is 4.51. The summed E-state index contributed by atoms with van der Waals surface area (Å²) in [7, 11) is 1.97. The van der Waals surface area contributed by atoms with Gasteiger partial charge < -0.3 is 9.64 Å². The van der Waals surface area contributed by atoms with Crippen LogP contribution in [0.3, 0.4) is 0 Å². The second-order valence-electron chi connectivity index (χ2n) is 5.91. The molecule has 1 aromatic rings. The fourth-order valence-electron chi connectivity index (χ4n) is 3.01. The number of carbonyl (C=O) groups is 2. The maximum absolute atomic E-state index is 11.5. The van der Waals surface area contributed by atoms with Crippen LogP contribution in [0.5, 0.6) is 0 Å². The Balaban J connectivity index is 2.11. The van der Waals surface area contributed by atoms with Crippen LogP contribution in [0.25, 0.3) is 0 Å². The first-order valence-electron chi connectivity index (χ1n) is 7.84. The van der Waals surface area contributed by atoms with Gasteiger partial charge in [-0.2, -0.15) is 0 Å². The summed E-state index contributed by atoms with van der Waals surface area (Å²) in [5.74, 6) is 0. The van der Waals surface area contributed by atoms with Crippen LogP contribution < -0.4 is 4.90 Å². The number of fused-ring (bicyclic) bond motifs is 1. The third-order valence-electron chi connectivity index (χ3n) is 4.08. The number of carbonyl (C=O) groups excluding carboxylic acids is 2. The van der Waals surface area contributed by atoms with Gasteiger partial charge in [0.2, 0.25) is 6.04 Å². The highest BCUT2D eigenvalue weighted by Crippen LogP contribution is 2.33. The molecule has 0 bridgehead atoms. The van der Waals surface area contributed by atoms with Gasteiger partial charge in [-0.3, -0.25) is 14.9 Å². The normalized spacial score (nSPS) is 14.2. The lowest BCUT2D eigenvalue weighted by atomic mass is 9.99. The van der Waals surface area contributed by atoms with Gasteiger partial charge in [0.05, 0.1) is 12.3 Å². The van der Waals surface area contributed by atoms with E-state index in [1.807, 2.05) is 15.3 Å². The van der Waals surface area contributed by atoms with Gasteiger partial charge in [-0.15, -0.1) is 0 Å². The zero-order chi connectivity index (χ0) is 17.7. The molecule has 0 saturated heterocycles. The summed E-state index contributed by atoms with van der Waals surface area (Å²) in [5.41, 5.74) is 2.96. The van der Waals surface area contributed by atoms with Crippen molar-refractivity contribution in [1.82, 2.24) is 0 Å². The number of nitro groups is 1. The number of hydrogen-bond acceptors (Lipinski definition) is 6. The fourth-order valence-corrected chi connectivity index (χ4v) is 3.12. The predicted molar refractivity (Wildman–Crippen MR) is 93.6 cm³/mol. The summed E-state index contributed by atoms with van der Waals surface area (Å²) in [4.78, 5) is 34.8. The minimum atomic E-state index is -0.679. The minimum Gasteiger partial charge on any atom is -0.463 e. The lowest BCUT2D eigenvalue weighted by Crippen LogP contribution is -2.24. The molecule has 2 rings (SSSR count). The Morgan fingerprint density at radius 2 is 2.29 bits per heavy atom. The molecule has 8 heteroatoms. The van der Waals surface area contributed by atoms with Crippen molar-refractivity contribution in [3.8, 4) is 0 Å². The largest absolute Gasteiger partial charge is 0.463 e. The van der Waals surface area contributed by atoms with Gasteiger partial charge in [-0.25, -0.2) is 4.79 Å². The summed E-state index contributed by atoms with van der Waals surface area (Å²) in [6.07, 6.45) is 2.60. The van der Waals surface area contributed by atoms with Crippen LogP contribution in [-0.4, -0.2) is 42.7 Å². The van der Waals surface area contributed by atoms with E-state index in [0.717, 1.165) is 36.1 Å². The first-order valence-corrected chi connectivity index (χ1v) is 8.41. The average Bonchev–Trinajstić information content (AvgIpc) is 2.93. The summed E-state index contributed by atoms with van der Waals surface area (Å²) in [5, 5.41) is 10.8. The molecule has 1 aromatic carbocycles. The maximum Gasteiger partial charge on any atom is 0.319 e. The zero-order valence-corrected chi connectivity index (χ0v) is 14.7. The monoisotopic (exact) mass is 352 g/mol. The number of hydrogen-bond donors (Lipinski definition) is 0. The number of ether oxygens (including phenoxy) is 1. The molecule has 0 spiro atoms. The molecule has 1 aliphatic heterocycles. The van der Waals surface area contributed by atoms with Gasteiger partial charge >= 0.3 is 5.71 Å². The molecule has 2 unspecified atom stereocenters. The molecule has 1 aliphatic rings. The van der Waals surface area contributed by atoms with Crippen LogP contribution in [-0.2, 0) is 17.6 Å². The van der Waals surface area contributed by atoms with Crippen molar-refractivity contribution in [3.63, 3.8) is 0 Å². The number of aldehydes is 1. The molecule has 1 heterocycles. The lowest BCUT2D eigenvalue weighted by molar-refractivity contribution is -0.517. The highest BCUT2D eigenvalue weighted by atomic mass is 31.0. The van der Waals surface area contributed by atoms with E-state index in [0.29, 0.717) is 31.6 Å². The van der Waals surface area contributed by atoms with Crippen molar-refractivity contribution in [3.05, 3.63) is 38.9 Å². The van der Waals surface area contributed by atoms with E-state index in [2.05, 4.69) is 4.90 Å². The number of rotatable bonds is 8. The highest BCUT2D eigenvalue weighted by molar-refractivity contribution is 7.39. The molecule has 0 radical (unpaired) electrons. The van der Waals surface area contributed by atoms with Gasteiger partial charge in [0, 0.05) is 36.9 Å². The van der Waals surface area contributed by atoms with Crippen molar-refractivity contribution in [1.29, 1.82) is 0 Å². The molecule has 7 nitrogen and oxygen atoms in total. The SMILES string of the molecule is CC(Cc1cc(C=O)c2c(c1)CCN2CCCOC(=O)P)[N+](=O)[O-]. The Bertz CT molecular complexity index is 650. The number of anilines is 1. The Hall–Kier alpha value is -2.01. The molecule has 24 heavy (non-hydrogen) atoms. The topological polar surface area (TPSA) is 89.8 Å². The number of benzene rings is 1. The molecule has 2 atom stereocenters. The van der Waals surface area contributed by atoms with Gasteiger partial charge in [-0.05, 0) is 39.3 Å². The van der Waals surface area contributed by atoms with Crippen LogP contribution in [0, 0.1) is 10.1 Å². The van der Waals surface area contributed by atoms with E-state index in [1.54, 1.807) is 13.0 Å². The van der Waals surface area contributed by atoms with Crippen LogP contribution in [0.1, 0.15) is 34.8 Å². The van der Waals surface area contributed by atoms with Crippen LogP contribution >= 0.6 is 9.24 Å². The molecule has 0 amide bonds. The minimum absolute atomic E-state index is 0.311. The molecule has 0 N–H and O–H groups in total. The molecular formula is C16H21N2O5P. The quantitative estimate of drug-likeness (QED) is 0.235. The van der Waals surface area contributed by atoms with Gasteiger partial charge in [-0.1, -0.05) is 6.07 Å². The predicted octanol–water partition coefficient (Wildman–Crippen LogP) is 2.47. The number of nitrogens with zero attached hydrogens (tertiary/aromatic N) is 2. The highest BCUT2D eigenvalue weighted by Gasteiger charge is 2.24. The molecule has 0 aromatic heterocycles. The fraction of sp³-hybridized carbons (Fsp3) is 0.500. The van der Waals surface area contributed by atoms with Gasteiger partial charge in [0.1, 0.15) is 0 Å². The molecule has 0 fully saturated rings. The van der Waals surface area contributed by atoms with Crippen LogP contribution in [0.4, 0.5) is 10.5 Å². The smallest absolute Gasteiger partial charge is 0.319 e. The molecule has 130 valence electrons. The summed E-state index contributed by atoms with van der Waals surface area (Å²) < 4.78 is 4.90. The van der Waals surface area contributed by atoms with E-state index in [9.17, 15) is 19.7 Å². The Labute approximate surface area is 142 Å². The van der Waals surface area contributed by atoms with Crippen molar-refractivity contribution >= 4 is 26.9 Å². The second-order valence-corrected chi connectivity index (χ2v) is 6.38. The average molecular weight is 352 g/mol. The zero-order valence-electron chi connectivity index (χ0n) is 13.6. The van der Waals surface area contributed by atoms with Crippen LogP contribution in [0.2, 0.25) is 0 Å². The van der Waals surface area contributed by atoms with Gasteiger partial charge in [0.25, 0.3) is 0 Å². The van der Waals surface area contributed by atoms with E-state index in [-0.39, 0.29) is 10.6 Å². The molecule has 0 aliphatic carbocycles. The van der Waals surface area contributed by atoms with Crippen molar-refractivity contribution < 1.29 is 19.2 Å².